The van der Waals surface area contributed by atoms with Gasteiger partial charge >= 0.3 is 0 Å². The third kappa shape index (κ3) is 5.50. The van der Waals surface area contributed by atoms with Crippen LogP contribution in [0.25, 0.3) is 0 Å². The Morgan fingerprint density at radius 3 is 2.42 bits per heavy atom. The second-order valence-electron chi connectivity index (χ2n) is 13.2. The summed E-state index contributed by atoms with van der Waals surface area (Å²) < 4.78 is 0. The molecule has 4 unspecified atom stereocenters. The minimum Gasteiger partial charge on any atom is -0.356 e. The number of hydrogen-bond donors (Lipinski definition) is 1. The van der Waals surface area contributed by atoms with Crippen molar-refractivity contribution >= 4 is 5.91 Å². The van der Waals surface area contributed by atoms with Gasteiger partial charge in [-0.2, -0.15) is 0 Å². The minimum absolute atomic E-state index is 0.301. The number of hydrogen-bond acceptors (Lipinski definition) is 1. The predicted molar refractivity (Wildman–Crippen MR) is 140 cm³/mol. The van der Waals surface area contributed by atoms with Crippen LogP contribution in [0.1, 0.15) is 143 Å². The molecule has 4 fully saturated rings. The summed E-state index contributed by atoms with van der Waals surface area (Å²) in [7, 11) is 0. The summed E-state index contributed by atoms with van der Waals surface area (Å²) in [4.78, 5) is 12.4. The van der Waals surface area contributed by atoms with Crippen LogP contribution in [0.5, 0.6) is 0 Å². The van der Waals surface area contributed by atoms with Crippen molar-refractivity contribution in [2.45, 2.75) is 143 Å². The Labute approximate surface area is 205 Å². The van der Waals surface area contributed by atoms with Gasteiger partial charge < -0.3 is 5.32 Å². The zero-order chi connectivity index (χ0) is 23.3. The molecular formula is C31H55NO. The Kier molecular flexibility index (Phi) is 8.88. The molecule has 1 N–H and O–H groups in total. The molecule has 0 aromatic rings. The molecule has 4 aliphatic rings. The molecule has 1 amide bonds. The first-order valence-electron chi connectivity index (χ1n) is 15.3. The summed E-state index contributed by atoms with van der Waals surface area (Å²) in [5.41, 5.74) is 1.22. The topological polar surface area (TPSA) is 29.1 Å². The molecule has 4 saturated carbocycles. The number of unbranched alkanes of at least 4 members (excludes halogenated alkanes) is 5. The van der Waals surface area contributed by atoms with E-state index in [1.807, 2.05) is 0 Å². The highest BCUT2D eigenvalue weighted by atomic mass is 16.1. The van der Waals surface area contributed by atoms with Crippen LogP contribution >= 0.6 is 0 Å². The Morgan fingerprint density at radius 2 is 1.58 bits per heavy atom. The van der Waals surface area contributed by atoms with E-state index in [9.17, 15) is 4.79 Å². The average Bonchev–Trinajstić information content (AvgIpc) is 3.14. The lowest BCUT2D eigenvalue weighted by Crippen LogP contribution is -2.52. The van der Waals surface area contributed by atoms with Crippen molar-refractivity contribution in [1.29, 1.82) is 0 Å². The Bertz CT molecular complexity index is 630. The molecule has 2 heteroatoms. The summed E-state index contributed by atoms with van der Waals surface area (Å²) in [6.07, 6.45) is 25.8. The molecule has 2 nitrogen and oxygen atoms in total. The Balaban J connectivity index is 1.20. The van der Waals surface area contributed by atoms with E-state index < -0.39 is 0 Å². The first-order chi connectivity index (χ1) is 16.0. The van der Waals surface area contributed by atoms with Gasteiger partial charge in [0, 0.05) is 13.0 Å². The van der Waals surface area contributed by atoms with Crippen molar-refractivity contribution in [1.82, 2.24) is 5.32 Å². The third-order valence-electron chi connectivity index (χ3n) is 11.6. The van der Waals surface area contributed by atoms with Crippen LogP contribution in [0.3, 0.4) is 0 Å². The zero-order valence-electron chi connectivity index (χ0n) is 22.4. The van der Waals surface area contributed by atoms with Crippen LogP contribution in [0.2, 0.25) is 0 Å². The molecule has 0 bridgehead atoms. The van der Waals surface area contributed by atoms with E-state index in [4.69, 9.17) is 0 Å². The summed E-state index contributed by atoms with van der Waals surface area (Å²) in [6.45, 7) is 8.52. The van der Waals surface area contributed by atoms with Crippen molar-refractivity contribution in [3.8, 4) is 0 Å². The molecule has 0 aliphatic heterocycles. The van der Waals surface area contributed by atoms with Gasteiger partial charge in [-0.1, -0.05) is 65.7 Å². The van der Waals surface area contributed by atoms with Crippen LogP contribution in [0.15, 0.2) is 0 Å². The van der Waals surface area contributed by atoms with Gasteiger partial charge in [0.05, 0.1) is 0 Å². The highest BCUT2D eigenvalue weighted by Gasteiger charge is 2.59. The first-order valence-corrected chi connectivity index (χ1v) is 15.3. The second-order valence-corrected chi connectivity index (χ2v) is 13.2. The molecule has 4 aliphatic carbocycles. The molecule has 190 valence electrons. The van der Waals surface area contributed by atoms with Crippen LogP contribution < -0.4 is 5.32 Å². The molecule has 0 spiro atoms. The maximum atomic E-state index is 12.4. The zero-order valence-corrected chi connectivity index (χ0v) is 22.4. The summed E-state index contributed by atoms with van der Waals surface area (Å²) in [6, 6.07) is 0. The normalized spacial score (nSPS) is 40.0. The van der Waals surface area contributed by atoms with Crippen molar-refractivity contribution in [2.24, 2.45) is 40.4 Å². The van der Waals surface area contributed by atoms with Crippen LogP contribution in [-0.4, -0.2) is 12.5 Å². The summed E-state index contributed by atoms with van der Waals surface area (Å²) in [5.74, 6) is 5.20. The van der Waals surface area contributed by atoms with Gasteiger partial charge in [-0.25, -0.2) is 0 Å². The number of rotatable bonds is 11. The van der Waals surface area contributed by atoms with Crippen LogP contribution in [0, 0.1) is 40.4 Å². The van der Waals surface area contributed by atoms with Crippen molar-refractivity contribution < 1.29 is 4.79 Å². The van der Waals surface area contributed by atoms with Crippen molar-refractivity contribution in [2.75, 3.05) is 6.54 Å². The maximum absolute atomic E-state index is 12.4. The van der Waals surface area contributed by atoms with Gasteiger partial charge in [-0.3, -0.25) is 4.79 Å². The largest absolute Gasteiger partial charge is 0.356 e. The molecule has 33 heavy (non-hydrogen) atoms. The molecule has 7 atom stereocenters. The van der Waals surface area contributed by atoms with Crippen molar-refractivity contribution in [3.05, 3.63) is 0 Å². The van der Waals surface area contributed by atoms with Gasteiger partial charge in [-0.15, -0.1) is 0 Å². The van der Waals surface area contributed by atoms with Gasteiger partial charge in [0.25, 0.3) is 0 Å². The highest BCUT2D eigenvalue weighted by Crippen LogP contribution is 2.67. The standard InChI is InChI=1S/C31H55NO/c1-4-5-6-7-8-11-23-32-29(33)15-12-14-25-17-19-27-26-18-16-24-13-9-10-21-30(24,2)28(26)20-22-31(25,27)3/h24-28H,4-23H2,1-3H3,(H,32,33)/t24?,25-,26?,27?,28?,30-,31+/m0/s1. The summed E-state index contributed by atoms with van der Waals surface area (Å²) in [5, 5.41) is 3.19. The molecule has 0 saturated heterocycles. The van der Waals surface area contributed by atoms with E-state index in [2.05, 4.69) is 26.1 Å². The first kappa shape index (κ1) is 25.6. The third-order valence-corrected chi connectivity index (χ3v) is 11.6. The number of carbonyl (C=O) groups excluding carboxylic acids is 1. The van der Waals surface area contributed by atoms with Crippen LogP contribution in [-0.2, 0) is 4.79 Å². The maximum Gasteiger partial charge on any atom is 0.219 e. The van der Waals surface area contributed by atoms with Gasteiger partial charge in [0.1, 0.15) is 0 Å². The number of amides is 1. The molecule has 0 heterocycles. The van der Waals surface area contributed by atoms with Gasteiger partial charge in [0.15, 0.2) is 0 Å². The smallest absolute Gasteiger partial charge is 0.219 e. The fraction of sp³-hybridized carbons (Fsp3) is 0.968. The quantitative estimate of drug-likeness (QED) is 0.309. The molecule has 0 radical (unpaired) electrons. The average molecular weight is 458 g/mol. The number of fused-ring (bicyclic) bond motifs is 5. The van der Waals surface area contributed by atoms with Crippen molar-refractivity contribution in [3.63, 3.8) is 0 Å². The van der Waals surface area contributed by atoms with E-state index in [-0.39, 0.29) is 0 Å². The molecule has 0 aromatic heterocycles. The lowest BCUT2D eigenvalue weighted by atomic mass is 9.45. The Hall–Kier alpha value is -0.530. The number of carbonyl (C=O) groups is 1. The fourth-order valence-electron chi connectivity index (χ4n) is 9.61. The lowest BCUT2D eigenvalue weighted by Gasteiger charge is -2.60. The Morgan fingerprint density at radius 1 is 0.788 bits per heavy atom. The predicted octanol–water partition coefficient (Wildman–Crippen LogP) is 8.68. The van der Waals surface area contributed by atoms with E-state index in [1.54, 1.807) is 0 Å². The van der Waals surface area contributed by atoms with Gasteiger partial charge in [-0.05, 0) is 111 Å². The summed E-state index contributed by atoms with van der Waals surface area (Å²) >= 11 is 0. The van der Waals surface area contributed by atoms with Crippen LogP contribution in [0.4, 0.5) is 0 Å². The molecule has 0 aromatic carbocycles. The highest BCUT2D eigenvalue weighted by molar-refractivity contribution is 5.75. The van der Waals surface area contributed by atoms with E-state index in [0.29, 0.717) is 16.7 Å². The molecular weight excluding hydrogens is 402 g/mol. The lowest BCUT2D eigenvalue weighted by molar-refractivity contribution is -0.121. The number of nitrogens with one attached hydrogen (secondary N) is 1. The van der Waals surface area contributed by atoms with E-state index >= 15 is 0 Å². The minimum atomic E-state index is 0.301. The fourth-order valence-corrected chi connectivity index (χ4v) is 9.61. The monoisotopic (exact) mass is 457 g/mol. The van der Waals surface area contributed by atoms with E-state index in [0.717, 1.165) is 55.4 Å². The van der Waals surface area contributed by atoms with Gasteiger partial charge in [0.2, 0.25) is 5.91 Å². The SMILES string of the molecule is CCCCCCCCNC(=O)CCC[C@H]1CCC2C3CCC4CCCC[C@]4(C)C3CC[C@@]21C. The molecule has 4 rings (SSSR count). The van der Waals surface area contributed by atoms with E-state index in [1.165, 1.54) is 103 Å². The second kappa shape index (κ2) is 11.5.